The molecule has 5 nitrogen and oxygen atoms in total. The Bertz CT molecular complexity index is 712. The molecule has 0 bridgehead atoms. The van der Waals surface area contributed by atoms with Crippen LogP contribution in [-0.4, -0.2) is 19.6 Å². The van der Waals surface area contributed by atoms with Crippen molar-refractivity contribution in [3.05, 3.63) is 34.6 Å². The topological polar surface area (TPSA) is 69.1 Å². The van der Waals surface area contributed by atoms with Gasteiger partial charge in [0.15, 0.2) is 11.5 Å². The number of nitrogens with two attached hydrogens (primary N) is 1. The van der Waals surface area contributed by atoms with Gasteiger partial charge in [-0.25, -0.2) is 4.98 Å². The monoisotopic (exact) mass is 259 g/mol. The molecule has 92 valence electrons. The summed E-state index contributed by atoms with van der Waals surface area (Å²) in [7, 11) is 0. The zero-order valence-electron chi connectivity index (χ0n) is 10.2. The predicted octanol–water partition coefficient (Wildman–Crippen LogP) is 1.93. The smallest absolute Gasteiger partial charge is 0.180 e. The Balaban J connectivity index is 2.22. The van der Waals surface area contributed by atoms with E-state index in [1.54, 1.807) is 11.3 Å². The van der Waals surface area contributed by atoms with Gasteiger partial charge in [0.25, 0.3) is 0 Å². The third-order valence-corrected chi connectivity index (χ3v) is 3.96. The zero-order chi connectivity index (χ0) is 12.7. The van der Waals surface area contributed by atoms with Crippen LogP contribution in [0.15, 0.2) is 18.3 Å². The maximum Gasteiger partial charge on any atom is 0.180 e. The molecule has 0 radical (unpaired) electrons. The van der Waals surface area contributed by atoms with Crippen molar-refractivity contribution in [2.75, 3.05) is 0 Å². The summed E-state index contributed by atoms with van der Waals surface area (Å²) < 4.78 is 1.98. The fourth-order valence-corrected chi connectivity index (χ4v) is 2.82. The third kappa shape index (κ3) is 1.70. The Morgan fingerprint density at radius 2 is 2.17 bits per heavy atom. The van der Waals surface area contributed by atoms with Crippen molar-refractivity contribution >= 4 is 17.0 Å². The van der Waals surface area contributed by atoms with E-state index in [1.165, 1.54) is 5.56 Å². The van der Waals surface area contributed by atoms with Gasteiger partial charge in [-0.2, -0.15) is 0 Å². The first-order valence-electron chi connectivity index (χ1n) is 5.67. The molecular weight excluding hydrogens is 246 g/mol. The highest BCUT2D eigenvalue weighted by Crippen LogP contribution is 2.28. The lowest BCUT2D eigenvalue weighted by Gasteiger charge is -1.98. The second-order valence-electron chi connectivity index (χ2n) is 4.18. The standard InChI is InChI=1S/C12H13N5S/c1-7-3-4-17-9(5-7)15-16-12(17)11-8(2)14-10(6-13)18-11/h3-5H,6,13H2,1-2H3. The van der Waals surface area contributed by atoms with Crippen molar-refractivity contribution in [2.24, 2.45) is 5.73 Å². The first-order valence-corrected chi connectivity index (χ1v) is 6.49. The molecule has 0 aliphatic heterocycles. The number of hydrogen-bond acceptors (Lipinski definition) is 5. The molecule has 3 aromatic rings. The quantitative estimate of drug-likeness (QED) is 0.763. The van der Waals surface area contributed by atoms with Gasteiger partial charge in [-0.15, -0.1) is 21.5 Å². The van der Waals surface area contributed by atoms with Gasteiger partial charge in [0.1, 0.15) is 5.01 Å². The van der Waals surface area contributed by atoms with Gasteiger partial charge >= 0.3 is 0 Å². The number of hydrogen-bond donors (Lipinski definition) is 1. The summed E-state index contributed by atoms with van der Waals surface area (Å²) in [6, 6.07) is 4.05. The van der Waals surface area contributed by atoms with Crippen LogP contribution in [-0.2, 0) is 6.54 Å². The van der Waals surface area contributed by atoms with E-state index in [0.29, 0.717) is 6.54 Å². The van der Waals surface area contributed by atoms with Crippen molar-refractivity contribution in [1.82, 2.24) is 19.6 Å². The van der Waals surface area contributed by atoms with Crippen LogP contribution in [0, 0.1) is 13.8 Å². The van der Waals surface area contributed by atoms with Crippen molar-refractivity contribution in [3.8, 4) is 10.7 Å². The lowest BCUT2D eigenvalue weighted by atomic mass is 10.3. The van der Waals surface area contributed by atoms with Gasteiger partial charge in [0.05, 0.1) is 10.6 Å². The van der Waals surface area contributed by atoms with E-state index in [2.05, 4.69) is 15.2 Å². The average Bonchev–Trinajstić information content (AvgIpc) is 2.91. The summed E-state index contributed by atoms with van der Waals surface area (Å²) >= 11 is 1.58. The number of aryl methyl sites for hydroxylation is 2. The van der Waals surface area contributed by atoms with E-state index in [1.807, 2.05) is 36.6 Å². The van der Waals surface area contributed by atoms with Gasteiger partial charge in [-0.3, -0.25) is 4.40 Å². The molecule has 0 saturated carbocycles. The Morgan fingerprint density at radius 3 is 2.89 bits per heavy atom. The van der Waals surface area contributed by atoms with Gasteiger partial charge < -0.3 is 5.73 Å². The molecule has 0 fully saturated rings. The minimum absolute atomic E-state index is 0.460. The van der Waals surface area contributed by atoms with Crippen LogP contribution in [0.4, 0.5) is 0 Å². The van der Waals surface area contributed by atoms with E-state index >= 15 is 0 Å². The van der Waals surface area contributed by atoms with Crippen molar-refractivity contribution in [1.29, 1.82) is 0 Å². The third-order valence-electron chi connectivity index (χ3n) is 2.78. The maximum atomic E-state index is 5.62. The van der Waals surface area contributed by atoms with Crippen LogP contribution in [0.25, 0.3) is 16.3 Å². The summed E-state index contributed by atoms with van der Waals surface area (Å²) in [6.45, 7) is 4.47. The van der Waals surface area contributed by atoms with E-state index in [9.17, 15) is 0 Å². The Morgan fingerprint density at radius 1 is 1.33 bits per heavy atom. The minimum Gasteiger partial charge on any atom is -0.325 e. The molecule has 3 rings (SSSR count). The van der Waals surface area contributed by atoms with Gasteiger partial charge in [-0.05, 0) is 31.5 Å². The number of pyridine rings is 1. The summed E-state index contributed by atoms with van der Waals surface area (Å²) in [5, 5.41) is 9.37. The van der Waals surface area contributed by atoms with Crippen LogP contribution in [0.3, 0.4) is 0 Å². The number of fused-ring (bicyclic) bond motifs is 1. The van der Waals surface area contributed by atoms with Gasteiger partial charge in [0, 0.05) is 12.7 Å². The maximum absolute atomic E-state index is 5.62. The molecular formula is C12H13N5S. The van der Waals surface area contributed by atoms with Gasteiger partial charge in [0.2, 0.25) is 0 Å². The molecule has 6 heteroatoms. The highest BCUT2D eigenvalue weighted by Gasteiger charge is 2.14. The van der Waals surface area contributed by atoms with Crippen LogP contribution >= 0.6 is 11.3 Å². The fourth-order valence-electron chi connectivity index (χ4n) is 1.89. The second kappa shape index (κ2) is 4.15. The van der Waals surface area contributed by atoms with Gasteiger partial charge in [-0.1, -0.05) is 0 Å². The van der Waals surface area contributed by atoms with Crippen molar-refractivity contribution in [2.45, 2.75) is 20.4 Å². The molecule has 0 aliphatic carbocycles. The SMILES string of the molecule is Cc1ccn2c(-c3sc(CN)nc3C)nnc2c1. The van der Waals surface area contributed by atoms with E-state index in [-0.39, 0.29) is 0 Å². The molecule has 3 heterocycles. The predicted molar refractivity (Wildman–Crippen MR) is 71.5 cm³/mol. The second-order valence-corrected chi connectivity index (χ2v) is 5.27. The molecule has 3 aromatic heterocycles. The summed E-state index contributed by atoms with van der Waals surface area (Å²) in [5.41, 5.74) is 8.60. The summed E-state index contributed by atoms with van der Waals surface area (Å²) in [4.78, 5) is 5.46. The molecule has 0 aromatic carbocycles. The van der Waals surface area contributed by atoms with E-state index < -0.39 is 0 Å². The first-order chi connectivity index (χ1) is 8.69. The number of aromatic nitrogens is 4. The van der Waals surface area contributed by atoms with Crippen LogP contribution < -0.4 is 5.73 Å². The van der Waals surface area contributed by atoms with Crippen LogP contribution in [0.1, 0.15) is 16.3 Å². The Kier molecular flexibility index (Phi) is 2.61. The lowest BCUT2D eigenvalue weighted by Crippen LogP contribution is -1.94. The minimum atomic E-state index is 0.460. The van der Waals surface area contributed by atoms with Crippen LogP contribution in [0.2, 0.25) is 0 Å². The molecule has 0 saturated heterocycles. The summed E-state index contributed by atoms with van der Waals surface area (Å²) in [6.07, 6.45) is 1.99. The van der Waals surface area contributed by atoms with Crippen LogP contribution in [0.5, 0.6) is 0 Å². The number of nitrogens with zero attached hydrogens (tertiary/aromatic N) is 4. The van der Waals surface area contributed by atoms with E-state index in [0.717, 1.165) is 27.1 Å². The first kappa shape index (κ1) is 11.3. The molecule has 0 spiro atoms. The van der Waals surface area contributed by atoms with E-state index in [4.69, 9.17) is 5.73 Å². The normalized spacial score (nSPS) is 11.3. The Labute approximate surface area is 108 Å². The lowest BCUT2D eigenvalue weighted by molar-refractivity contribution is 1.02. The van der Waals surface area contributed by atoms with Crippen molar-refractivity contribution < 1.29 is 0 Å². The summed E-state index contributed by atoms with van der Waals surface area (Å²) in [5.74, 6) is 0.833. The highest BCUT2D eigenvalue weighted by atomic mass is 32.1. The highest BCUT2D eigenvalue weighted by molar-refractivity contribution is 7.15. The molecule has 18 heavy (non-hydrogen) atoms. The fraction of sp³-hybridized carbons (Fsp3) is 0.250. The largest absolute Gasteiger partial charge is 0.325 e. The molecule has 0 unspecified atom stereocenters. The van der Waals surface area contributed by atoms with Crippen molar-refractivity contribution in [3.63, 3.8) is 0 Å². The molecule has 0 amide bonds. The molecule has 0 aliphatic rings. The molecule has 2 N–H and O–H groups in total. The number of rotatable bonds is 2. The number of thiazole rings is 1. The average molecular weight is 259 g/mol. The Hall–Kier alpha value is -1.79. The molecule has 0 atom stereocenters. The zero-order valence-corrected chi connectivity index (χ0v) is 11.0.